The highest BCUT2D eigenvalue weighted by atomic mass is 16.2. The number of aryl methyl sites for hydroxylation is 1. The number of fused-ring (bicyclic) bond motifs is 1. The highest BCUT2D eigenvalue weighted by molar-refractivity contribution is 5.96. The lowest BCUT2D eigenvalue weighted by molar-refractivity contribution is -0.119. The molecule has 0 aliphatic heterocycles. The van der Waals surface area contributed by atoms with Crippen LogP contribution in [0.3, 0.4) is 0 Å². The summed E-state index contributed by atoms with van der Waals surface area (Å²) in [6.07, 6.45) is 0. The maximum atomic E-state index is 12.5. The van der Waals surface area contributed by atoms with Crippen LogP contribution in [-0.4, -0.2) is 27.9 Å². The van der Waals surface area contributed by atoms with Gasteiger partial charge < -0.3 is 5.32 Å². The Morgan fingerprint density at radius 1 is 1.11 bits per heavy atom. The first-order valence-electron chi connectivity index (χ1n) is 8.89. The van der Waals surface area contributed by atoms with Crippen LogP contribution >= 0.6 is 0 Å². The van der Waals surface area contributed by atoms with E-state index in [-0.39, 0.29) is 24.0 Å². The van der Waals surface area contributed by atoms with Crippen molar-refractivity contribution in [1.29, 1.82) is 0 Å². The largest absolute Gasteiger partial charge is 0.343 e. The molecule has 0 bridgehead atoms. The van der Waals surface area contributed by atoms with Crippen LogP contribution in [0.15, 0.2) is 53.3 Å². The number of aromatic nitrogens is 2. The molecule has 1 aromatic heterocycles. The molecule has 0 aliphatic rings. The number of carbonyl (C=O) groups is 2. The van der Waals surface area contributed by atoms with Gasteiger partial charge in [0.1, 0.15) is 0 Å². The van der Waals surface area contributed by atoms with Crippen molar-refractivity contribution in [1.82, 2.24) is 20.3 Å². The minimum atomic E-state index is -0.467. The molecule has 1 heterocycles. The van der Waals surface area contributed by atoms with E-state index in [0.717, 1.165) is 5.56 Å². The Labute approximate surface area is 161 Å². The molecule has 0 saturated carbocycles. The van der Waals surface area contributed by atoms with Gasteiger partial charge in [-0.1, -0.05) is 29.8 Å². The van der Waals surface area contributed by atoms with Crippen LogP contribution in [0.4, 0.5) is 5.95 Å². The predicted molar refractivity (Wildman–Crippen MR) is 107 cm³/mol. The smallest absolute Gasteiger partial charge is 0.262 e. The summed E-state index contributed by atoms with van der Waals surface area (Å²) in [6.45, 7) is 3.87. The van der Waals surface area contributed by atoms with E-state index in [9.17, 15) is 14.4 Å². The van der Waals surface area contributed by atoms with Crippen LogP contribution in [0.2, 0.25) is 0 Å². The predicted octanol–water partition coefficient (Wildman–Crippen LogP) is 1.60. The summed E-state index contributed by atoms with van der Waals surface area (Å²) in [5, 5.41) is 3.06. The first kappa shape index (κ1) is 19.1. The molecule has 0 unspecified atom stereocenters. The van der Waals surface area contributed by atoms with E-state index in [1.165, 1.54) is 4.57 Å². The fraction of sp³-hybridized carbons (Fsp3) is 0.200. The minimum Gasteiger partial charge on any atom is -0.343 e. The van der Waals surface area contributed by atoms with Crippen molar-refractivity contribution in [3.8, 4) is 0 Å². The standard InChI is InChI=1S/C20H21N5O3/c1-3-25-19(28)15-9-4-5-10-16(15)22-20(25)24-23-17(26)12-21-18(27)14-8-6-7-13(2)11-14/h4-11H,3,12H2,1-2H3,(H,21,27)(H,22,24)(H,23,26). The molecule has 144 valence electrons. The number of hydrogen-bond donors (Lipinski definition) is 3. The van der Waals surface area contributed by atoms with Gasteiger partial charge in [-0.25, -0.2) is 4.98 Å². The Hall–Kier alpha value is -3.68. The van der Waals surface area contributed by atoms with Crippen molar-refractivity contribution in [2.24, 2.45) is 0 Å². The molecule has 3 N–H and O–H groups in total. The highest BCUT2D eigenvalue weighted by Crippen LogP contribution is 2.10. The average molecular weight is 379 g/mol. The van der Waals surface area contributed by atoms with Gasteiger partial charge in [0.25, 0.3) is 17.4 Å². The second-order valence-electron chi connectivity index (χ2n) is 6.23. The van der Waals surface area contributed by atoms with E-state index < -0.39 is 5.91 Å². The van der Waals surface area contributed by atoms with E-state index in [2.05, 4.69) is 21.2 Å². The van der Waals surface area contributed by atoms with Gasteiger partial charge in [-0.05, 0) is 38.1 Å². The Balaban J connectivity index is 1.64. The molecule has 0 fully saturated rings. The van der Waals surface area contributed by atoms with Gasteiger partial charge >= 0.3 is 0 Å². The summed E-state index contributed by atoms with van der Waals surface area (Å²) in [7, 11) is 0. The zero-order chi connectivity index (χ0) is 20.1. The number of benzene rings is 2. The number of nitrogens with zero attached hydrogens (tertiary/aromatic N) is 2. The summed E-state index contributed by atoms with van der Waals surface area (Å²) < 4.78 is 1.42. The zero-order valence-electron chi connectivity index (χ0n) is 15.7. The first-order chi connectivity index (χ1) is 13.5. The van der Waals surface area contributed by atoms with Gasteiger partial charge in [0, 0.05) is 12.1 Å². The maximum Gasteiger partial charge on any atom is 0.262 e. The highest BCUT2D eigenvalue weighted by Gasteiger charge is 2.11. The Morgan fingerprint density at radius 3 is 2.64 bits per heavy atom. The van der Waals surface area contributed by atoms with Crippen LogP contribution < -0.4 is 21.7 Å². The summed E-state index contributed by atoms with van der Waals surface area (Å²) >= 11 is 0. The number of hydrazine groups is 1. The quantitative estimate of drug-likeness (QED) is 0.564. The van der Waals surface area contributed by atoms with E-state index >= 15 is 0 Å². The van der Waals surface area contributed by atoms with Crippen molar-refractivity contribution in [3.05, 3.63) is 70.0 Å². The van der Waals surface area contributed by atoms with Crippen LogP contribution in [0.5, 0.6) is 0 Å². The van der Waals surface area contributed by atoms with Crippen LogP contribution in [0.1, 0.15) is 22.8 Å². The molecule has 3 aromatic rings. The number of para-hydroxylation sites is 1. The molecule has 0 spiro atoms. The second-order valence-corrected chi connectivity index (χ2v) is 6.23. The fourth-order valence-electron chi connectivity index (χ4n) is 2.78. The number of carbonyl (C=O) groups excluding carboxylic acids is 2. The van der Waals surface area contributed by atoms with Crippen LogP contribution in [-0.2, 0) is 11.3 Å². The van der Waals surface area contributed by atoms with Gasteiger partial charge in [0.2, 0.25) is 5.95 Å². The molecule has 2 amide bonds. The van der Waals surface area contributed by atoms with Gasteiger partial charge in [0.15, 0.2) is 0 Å². The van der Waals surface area contributed by atoms with E-state index in [1.54, 1.807) is 42.5 Å². The summed E-state index contributed by atoms with van der Waals surface area (Å²) in [5.41, 5.74) is 6.90. The van der Waals surface area contributed by atoms with Gasteiger partial charge in [-0.15, -0.1) is 0 Å². The zero-order valence-corrected chi connectivity index (χ0v) is 15.7. The van der Waals surface area contributed by atoms with Crippen molar-refractivity contribution in [3.63, 3.8) is 0 Å². The number of anilines is 1. The van der Waals surface area contributed by atoms with Gasteiger partial charge in [0.05, 0.1) is 17.4 Å². The number of rotatable bonds is 6. The summed E-state index contributed by atoms with van der Waals surface area (Å²) in [4.78, 5) is 41.1. The van der Waals surface area contributed by atoms with Crippen molar-refractivity contribution in [2.45, 2.75) is 20.4 Å². The monoisotopic (exact) mass is 379 g/mol. The van der Waals surface area contributed by atoms with E-state index in [4.69, 9.17) is 0 Å². The average Bonchev–Trinajstić information content (AvgIpc) is 2.70. The molecular formula is C20H21N5O3. The molecule has 0 radical (unpaired) electrons. The molecule has 0 atom stereocenters. The molecule has 3 rings (SSSR count). The van der Waals surface area contributed by atoms with E-state index in [1.807, 2.05) is 19.9 Å². The van der Waals surface area contributed by atoms with Crippen LogP contribution in [0, 0.1) is 6.92 Å². The van der Waals surface area contributed by atoms with Crippen LogP contribution in [0.25, 0.3) is 10.9 Å². The third kappa shape index (κ3) is 4.17. The van der Waals surface area contributed by atoms with Crippen molar-refractivity contribution in [2.75, 3.05) is 12.0 Å². The summed E-state index contributed by atoms with van der Waals surface area (Å²) in [6, 6.07) is 14.1. The van der Waals surface area contributed by atoms with E-state index in [0.29, 0.717) is 23.0 Å². The number of hydrogen-bond acceptors (Lipinski definition) is 5. The molecule has 8 heteroatoms. The lowest BCUT2D eigenvalue weighted by atomic mass is 10.1. The van der Waals surface area contributed by atoms with Crippen molar-refractivity contribution >= 4 is 28.7 Å². The van der Waals surface area contributed by atoms with Crippen molar-refractivity contribution < 1.29 is 9.59 Å². The molecule has 0 saturated heterocycles. The van der Waals surface area contributed by atoms with Gasteiger partial charge in [-0.3, -0.25) is 29.8 Å². The molecule has 28 heavy (non-hydrogen) atoms. The SMILES string of the molecule is CCn1c(NNC(=O)CNC(=O)c2cccc(C)c2)nc2ccccc2c1=O. The fourth-order valence-corrected chi connectivity index (χ4v) is 2.78. The maximum absolute atomic E-state index is 12.5. The first-order valence-corrected chi connectivity index (χ1v) is 8.89. The Kier molecular flexibility index (Phi) is 5.69. The molecular weight excluding hydrogens is 358 g/mol. The second kappa shape index (κ2) is 8.34. The molecule has 2 aromatic carbocycles. The minimum absolute atomic E-state index is 0.197. The number of amides is 2. The number of nitrogens with one attached hydrogen (secondary N) is 3. The molecule has 0 aliphatic carbocycles. The third-order valence-corrected chi connectivity index (χ3v) is 4.18. The van der Waals surface area contributed by atoms with Gasteiger partial charge in [-0.2, -0.15) is 0 Å². The normalized spacial score (nSPS) is 10.5. The lowest BCUT2D eigenvalue weighted by Gasteiger charge is -2.14. The Morgan fingerprint density at radius 2 is 1.89 bits per heavy atom. The lowest BCUT2D eigenvalue weighted by Crippen LogP contribution is -2.41. The topological polar surface area (TPSA) is 105 Å². The summed E-state index contributed by atoms with van der Waals surface area (Å²) in [5.74, 6) is -0.580. The molecule has 8 nitrogen and oxygen atoms in total. The Bertz CT molecular complexity index is 1090. The third-order valence-electron chi connectivity index (χ3n) is 4.18.